The van der Waals surface area contributed by atoms with Crippen LogP contribution in [0.15, 0.2) is 79.0 Å². The van der Waals surface area contributed by atoms with Gasteiger partial charge in [0.05, 0.1) is 0 Å². The number of hydrogen-bond acceptors (Lipinski definition) is 0. The van der Waals surface area contributed by atoms with Crippen molar-refractivity contribution in [2.75, 3.05) is 0 Å². The number of fused-ring (bicyclic) bond motifs is 1. The topological polar surface area (TPSA) is 15.8 Å². The van der Waals surface area contributed by atoms with E-state index < -0.39 is 0 Å². The lowest BCUT2D eigenvalue weighted by molar-refractivity contribution is 0.994. The van der Waals surface area contributed by atoms with Gasteiger partial charge in [0.25, 0.3) is 0 Å². The third-order valence-corrected chi connectivity index (χ3v) is 4.33. The first kappa shape index (κ1) is 13.0. The first-order valence-electron chi connectivity index (χ1n) is 7.67. The van der Waals surface area contributed by atoms with Gasteiger partial charge in [-0.2, -0.15) is 23.8 Å². The van der Waals surface area contributed by atoms with E-state index in [2.05, 4.69) is 90.9 Å². The highest BCUT2D eigenvalue weighted by Crippen LogP contribution is 2.36. The summed E-state index contributed by atoms with van der Waals surface area (Å²) in [6, 6.07) is 26.0. The van der Waals surface area contributed by atoms with Gasteiger partial charge in [0.15, 0.2) is 0 Å². The number of nitrogens with one attached hydrogen (secondary N) is 1. The van der Waals surface area contributed by atoms with Gasteiger partial charge >= 0.3 is 0 Å². The lowest BCUT2D eigenvalue weighted by atomic mass is 9.86. The number of H-pyrrole nitrogens is 1. The van der Waals surface area contributed by atoms with Crippen molar-refractivity contribution in [1.29, 1.82) is 0 Å². The third kappa shape index (κ3) is 2.15. The highest BCUT2D eigenvalue weighted by molar-refractivity contribution is 5.85. The predicted molar refractivity (Wildman–Crippen MR) is 92.5 cm³/mol. The van der Waals surface area contributed by atoms with Gasteiger partial charge in [0.1, 0.15) is 0 Å². The van der Waals surface area contributed by atoms with Crippen LogP contribution >= 0.6 is 0 Å². The SMILES string of the molecule is Cc1ccc2[nH]cc(C(c3ccccc3)c3cc[cH-]c3)c2c1. The van der Waals surface area contributed by atoms with Crippen molar-refractivity contribution in [3.8, 4) is 0 Å². The summed E-state index contributed by atoms with van der Waals surface area (Å²) in [5.41, 5.74) is 6.51. The Morgan fingerprint density at radius 2 is 1.82 bits per heavy atom. The van der Waals surface area contributed by atoms with Crippen LogP contribution in [0, 0.1) is 6.92 Å². The number of rotatable bonds is 3. The van der Waals surface area contributed by atoms with E-state index in [1.54, 1.807) is 0 Å². The molecule has 1 nitrogen and oxygen atoms in total. The van der Waals surface area contributed by atoms with Crippen LogP contribution in [0.3, 0.4) is 0 Å². The maximum absolute atomic E-state index is 3.43. The number of aryl methyl sites for hydroxylation is 1. The van der Waals surface area contributed by atoms with Gasteiger partial charge in [-0.15, -0.1) is 0 Å². The molecule has 0 saturated heterocycles. The van der Waals surface area contributed by atoms with Crippen LogP contribution < -0.4 is 0 Å². The number of hydrogen-bond donors (Lipinski definition) is 1. The smallest absolute Gasteiger partial charge is 0.0456 e. The molecule has 1 heterocycles. The maximum Gasteiger partial charge on any atom is 0.0456 e. The quantitative estimate of drug-likeness (QED) is 0.486. The van der Waals surface area contributed by atoms with Crippen molar-refractivity contribution in [2.45, 2.75) is 12.8 Å². The number of aromatic amines is 1. The fourth-order valence-corrected chi connectivity index (χ4v) is 3.27. The Balaban J connectivity index is 1.96. The molecule has 0 amide bonds. The Bertz CT molecular complexity index is 882. The van der Waals surface area contributed by atoms with Gasteiger partial charge in [-0.1, -0.05) is 42.0 Å². The largest absolute Gasteiger partial charge is 0.361 e. The molecule has 3 aromatic carbocycles. The molecule has 22 heavy (non-hydrogen) atoms. The molecule has 108 valence electrons. The van der Waals surface area contributed by atoms with E-state index in [9.17, 15) is 0 Å². The molecule has 4 aromatic rings. The van der Waals surface area contributed by atoms with E-state index in [4.69, 9.17) is 0 Å². The van der Waals surface area contributed by atoms with Crippen LogP contribution in [0.2, 0.25) is 0 Å². The fraction of sp³-hybridized carbons (Fsp3) is 0.0952. The Hall–Kier alpha value is -2.67. The van der Waals surface area contributed by atoms with Crippen molar-refractivity contribution >= 4 is 10.9 Å². The van der Waals surface area contributed by atoms with Gasteiger partial charge in [0.2, 0.25) is 0 Å². The average Bonchev–Trinajstić information content (AvgIpc) is 3.20. The second-order valence-electron chi connectivity index (χ2n) is 5.85. The van der Waals surface area contributed by atoms with Crippen LogP contribution in [0.1, 0.15) is 28.2 Å². The summed E-state index contributed by atoms with van der Waals surface area (Å²) in [6.07, 6.45) is 2.16. The van der Waals surface area contributed by atoms with Gasteiger partial charge in [0, 0.05) is 17.1 Å². The lowest BCUT2D eigenvalue weighted by Crippen LogP contribution is -2.01. The zero-order chi connectivity index (χ0) is 14.9. The molecule has 0 aliphatic carbocycles. The van der Waals surface area contributed by atoms with Gasteiger partial charge in [-0.05, 0) is 36.1 Å². The molecule has 4 rings (SSSR count). The number of benzene rings is 2. The summed E-state index contributed by atoms with van der Waals surface area (Å²) in [7, 11) is 0. The maximum atomic E-state index is 3.43. The van der Waals surface area contributed by atoms with E-state index in [1.165, 1.54) is 33.2 Å². The summed E-state index contributed by atoms with van der Waals surface area (Å²) < 4.78 is 0. The molecular formula is C21H18N-. The Labute approximate surface area is 130 Å². The van der Waals surface area contributed by atoms with E-state index in [-0.39, 0.29) is 5.92 Å². The second kappa shape index (κ2) is 5.27. The first-order valence-corrected chi connectivity index (χ1v) is 7.67. The molecule has 0 radical (unpaired) electrons. The van der Waals surface area contributed by atoms with Gasteiger partial charge < -0.3 is 4.98 Å². The van der Waals surface area contributed by atoms with Crippen molar-refractivity contribution in [1.82, 2.24) is 4.98 Å². The van der Waals surface area contributed by atoms with Crippen molar-refractivity contribution in [3.63, 3.8) is 0 Å². The minimum atomic E-state index is 0.270. The van der Waals surface area contributed by atoms with E-state index >= 15 is 0 Å². The van der Waals surface area contributed by atoms with E-state index in [0.29, 0.717) is 0 Å². The molecule has 0 bridgehead atoms. The molecule has 0 fully saturated rings. The molecule has 1 heteroatoms. The van der Waals surface area contributed by atoms with E-state index in [1.807, 2.05) is 0 Å². The minimum absolute atomic E-state index is 0.270. The highest BCUT2D eigenvalue weighted by atomic mass is 14.7. The summed E-state index contributed by atoms with van der Waals surface area (Å²) in [5, 5.41) is 1.31. The van der Waals surface area contributed by atoms with Crippen LogP contribution in [-0.2, 0) is 0 Å². The summed E-state index contributed by atoms with van der Waals surface area (Å²) in [5.74, 6) is 0.270. The molecule has 1 unspecified atom stereocenters. The standard InChI is InChI=1S/C21H18N/c1-15-11-12-20-18(13-15)19(14-22-20)21(17-9-5-6-10-17)16-7-3-2-4-8-16/h2-14,21-22H,1H3/q-1. The molecule has 1 aromatic heterocycles. The Morgan fingerprint density at radius 3 is 2.59 bits per heavy atom. The minimum Gasteiger partial charge on any atom is -0.361 e. The summed E-state index contributed by atoms with van der Waals surface area (Å²) in [6.45, 7) is 2.15. The summed E-state index contributed by atoms with van der Waals surface area (Å²) >= 11 is 0. The van der Waals surface area contributed by atoms with Gasteiger partial charge in [-0.3, -0.25) is 0 Å². The van der Waals surface area contributed by atoms with Crippen LogP contribution in [-0.4, -0.2) is 4.98 Å². The normalized spacial score (nSPS) is 12.6. The Kier molecular flexibility index (Phi) is 3.12. The van der Waals surface area contributed by atoms with Crippen molar-refractivity contribution in [3.05, 3.63) is 101 Å². The van der Waals surface area contributed by atoms with Crippen LogP contribution in [0.4, 0.5) is 0 Å². The molecule has 1 N–H and O–H groups in total. The third-order valence-electron chi connectivity index (χ3n) is 4.33. The zero-order valence-corrected chi connectivity index (χ0v) is 12.6. The highest BCUT2D eigenvalue weighted by Gasteiger charge is 2.16. The molecule has 0 saturated carbocycles. The molecule has 0 aliphatic heterocycles. The monoisotopic (exact) mass is 284 g/mol. The summed E-state index contributed by atoms with van der Waals surface area (Å²) in [4.78, 5) is 3.43. The first-order chi connectivity index (χ1) is 10.8. The molecule has 0 aliphatic rings. The molecular weight excluding hydrogens is 266 g/mol. The number of aromatic nitrogens is 1. The Morgan fingerprint density at radius 1 is 0.955 bits per heavy atom. The molecule has 1 atom stereocenters. The fourth-order valence-electron chi connectivity index (χ4n) is 3.27. The van der Waals surface area contributed by atoms with E-state index in [0.717, 1.165) is 0 Å². The van der Waals surface area contributed by atoms with Crippen molar-refractivity contribution < 1.29 is 0 Å². The van der Waals surface area contributed by atoms with Crippen LogP contribution in [0.25, 0.3) is 10.9 Å². The van der Waals surface area contributed by atoms with Gasteiger partial charge in [-0.25, -0.2) is 6.07 Å². The second-order valence-corrected chi connectivity index (χ2v) is 5.85. The zero-order valence-electron chi connectivity index (χ0n) is 12.6. The van der Waals surface area contributed by atoms with Crippen molar-refractivity contribution in [2.24, 2.45) is 0 Å². The van der Waals surface area contributed by atoms with Crippen LogP contribution in [0.5, 0.6) is 0 Å². The average molecular weight is 284 g/mol. The molecule has 0 spiro atoms. The predicted octanol–water partition coefficient (Wildman–Crippen LogP) is 5.38. The lowest BCUT2D eigenvalue weighted by Gasteiger charge is -2.22.